The fraction of sp³-hybridized carbons (Fsp3) is 0.562. The number of carboxylic acid groups (broad SMARTS) is 1. The molecule has 0 amide bonds. The van der Waals surface area contributed by atoms with Gasteiger partial charge in [0.05, 0.1) is 12.0 Å². The zero-order valence-electron chi connectivity index (χ0n) is 11.7. The quantitative estimate of drug-likeness (QED) is 0.900. The second-order valence-corrected chi connectivity index (χ2v) is 5.38. The lowest BCUT2D eigenvalue weighted by Crippen LogP contribution is -2.38. The van der Waals surface area contributed by atoms with Crippen LogP contribution in [0.2, 0.25) is 0 Å². The summed E-state index contributed by atoms with van der Waals surface area (Å²) in [6.45, 7) is 4.49. The molecule has 1 aliphatic rings. The zero-order chi connectivity index (χ0) is 13.9. The molecule has 104 valence electrons. The molecular weight excluding hydrogens is 240 g/mol. The van der Waals surface area contributed by atoms with Crippen molar-refractivity contribution >= 4 is 5.97 Å². The molecule has 1 fully saturated rings. The lowest BCUT2D eigenvalue weighted by Gasteiger charge is -2.35. The molecule has 0 spiro atoms. The van der Waals surface area contributed by atoms with E-state index < -0.39 is 11.4 Å². The van der Waals surface area contributed by atoms with E-state index in [-0.39, 0.29) is 0 Å². The molecule has 0 saturated heterocycles. The summed E-state index contributed by atoms with van der Waals surface area (Å²) >= 11 is 0. The summed E-state index contributed by atoms with van der Waals surface area (Å²) in [5.41, 5.74) is 1.20. The van der Waals surface area contributed by atoms with Gasteiger partial charge in [0.2, 0.25) is 0 Å². The van der Waals surface area contributed by atoms with Gasteiger partial charge in [-0.3, -0.25) is 4.79 Å². The Kier molecular flexibility index (Phi) is 4.13. The van der Waals surface area contributed by atoms with E-state index in [0.717, 1.165) is 36.1 Å². The number of carboxylic acids is 1. The molecule has 0 bridgehead atoms. The second-order valence-electron chi connectivity index (χ2n) is 5.38. The molecule has 0 aromatic heterocycles. The maximum atomic E-state index is 11.9. The first-order valence-electron chi connectivity index (χ1n) is 7.07. The third kappa shape index (κ3) is 2.60. The van der Waals surface area contributed by atoms with Gasteiger partial charge in [0.15, 0.2) is 0 Å². The van der Waals surface area contributed by atoms with E-state index in [1.54, 1.807) is 0 Å². The average molecular weight is 262 g/mol. The Bertz CT molecular complexity index is 459. The Hall–Kier alpha value is -1.51. The maximum absolute atomic E-state index is 11.9. The highest BCUT2D eigenvalue weighted by Gasteiger charge is 2.43. The molecule has 1 aromatic carbocycles. The third-order valence-electron chi connectivity index (χ3n) is 4.07. The first kappa shape index (κ1) is 13.9. The van der Waals surface area contributed by atoms with Gasteiger partial charge in [0.25, 0.3) is 0 Å². The molecular formula is C16H22O3. The fourth-order valence-electron chi connectivity index (χ4n) is 3.05. The predicted molar refractivity (Wildman–Crippen MR) is 74.7 cm³/mol. The number of hydrogen-bond donors (Lipinski definition) is 1. The number of benzene rings is 1. The lowest BCUT2D eigenvalue weighted by atomic mass is 9.69. The van der Waals surface area contributed by atoms with Crippen LogP contribution in [-0.2, 0) is 10.2 Å². The molecule has 1 aromatic rings. The average Bonchev–Trinajstić information content (AvgIpc) is 2.41. The molecule has 19 heavy (non-hydrogen) atoms. The lowest BCUT2D eigenvalue weighted by molar-refractivity contribution is -0.145. The Morgan fingerprint density at radius 2 is 2.00 bits per heavy atom. The van der Waals surface area contributed by atoms with Crippen LogP contribution in [0.4, 0.5) is 0 Å². The van der Waals surface area contributed by atoms with E-state index in [0.29, 0.717) is 19.4 Å². The maximum Gasteiger partial charge on any atom is 0.314 e. The highest BCUT2D eigenvalue weighted by Crippen LogP contribution is 2.44. The molecule has 0 heterocycles. The van der Waals surface area contributed by atoms with E-state index in [1.807, 2.05) is 32.0 Å². The monoisotopic (exact) mass is 262 g/mol. The summed E-state index contributed by atoms with van der Waals surface area (Å²) < 4.78 is 5.66. The minimum atomic E-state index is -0.755. The van der Waals surface area contributed by atoms with Gasteiger partial charge in [0, 0.05) is 5.56 Å². The van der Waals surface area contributed by atoms with E-state index >= 15 is 0 Å². The van der Waals surface area contributed by atoms with Gasteiger partial charge in [-0.05, 0) is 32.8 Å². The van der Waals surface area contributed by atoms with Crippen molar-refractivity contribution in [2.75, 3.05) is 6.61 Å². The molecule has 1 aliphatic carbocycles. The molecule has 0 unspecified atom stereocenters. The van der Waals surface area contributed by atoms with Crippen LogP contribution in [0.1, 0.15) is 50.2 Å². The van der Waals surface area contributed by atoms with Crippen molar-refractivity contribution in [2.24, 2.45) is 0 Å². The SMILES string of the molecule is CCOc1ccc(C)cc1C1(C(=O)O)CCCCC1. The van der Waals surface area contributed by atoms with Crippen molar-refractivity contribution < 1.29 is 14.6 Å². The zero-order valence-corrected chi connectivity index (χ0v) is 11.7. The molecule has 1 saturated carbocycles. The van der Waals surface area contributed by atoms with Gasteiger partial charge in [-0.15, -0.1) is 0 Å². The summed E-state index contributed by atoms with van der Waals surface area (Å²) in [5.74, 6) is 0.0242. The Morgan fingerprint density at radius 1 is 1.32 bits per heavy atom. The molecule has 0 radical (unpaired) electrons. The first-order chi connectivity index (χ1) is 9.10. The fourth-order valence-corrected chi connectivity index (χ4v) is 3.05. The van der Waals surface area contributed by atoms with Gasteiger partial charge in [-0.25, -0.2) is 0 Å². The summed E-state index contributed by atoms with van der Waals surface area (Å²) in [5, 5.41) is 9.77. The molecule has 2 rings (SSSR count). The van der Waals surface area contributed by atoms with Gasteiger partial charge >= 0.3 is 5.97 Å². The molecule has 0 aliphatic heterocycles. The summed E-state index contributed by atoms with van der Waals surface area (Å²) in [7, 11) is 0. The van der Waals surface area contributed by atoms with Crippen LogP contribution >= 0.6 is 0 Å². The number of hydrogen-bond acceptors (Lipinski definition) is 2. The van der Waals surface area contributed by atoms with Crippen LogP contribution < -0.4 is 4.74 Å². The van der Waals surface area contributed by atoms with Crippen molar-refractivity contribution in [3.63, 3.8) is 0 Å². The van der Waals surface area contributed by atoms with Crippen LogP contribution in [0.15, 0.2) is 18.2 Å². The van der Waals surface area contributed by atoms with Crippen LogP contribution in [0.25, 0.3) is 0 Å². The normalized spacial score (nSPS) is 18.0. The number of aryl methyl sites for hydroxylation is 1. The molecule has 3 heteroatoms. The predicted octanol–water partition coefficient (Wildman–Crippen LogP) is 3.68. The van der Waals surface area contributed by atoms with Crippen molar-refractivity contribution in [1.29, 1.82) is 0 Å². The van der Waals surface area contributed by atoms with Crippen molar-refractivity contribution in [3.8, 4) is 5.75 Å². The van der Waals surface area contributed by atoms with Gasteiger partial charge in [-0.2, -0.15) is 0 Å². The van der Waals surface area contributed by atoms with Crippen LogP contribution in [0, 0.1) is 6.92 Å². The Labute approximate surface area is 114 Å². The summed E-state index contributed by atoms with van der Waals surface area (Å²) in [6, 6.07) is 5.88. The summed E-state index contributed by atoms with van der Waals surface area (Å²) in [4.78, 5) is 11.9. The smallest absolute Gasteiger partial charge is 0.314 e. The Morgan fingerprint density at radius 3 is 2.58 bits per heavy atom. The van der Waals surface area contributed by atoms with Gasteiger partial charge in [0.1, 0.15) is 5.75 Å². The van der Waals surface area contributed by atoms with Crippen LogP contribution in [0.3, 0.4) is 0 Å². The van der Waals surface area contributed by atoms with Crippen LogP contribution in [0.5, 0.6) is 5.75 Å². The summed E-state index contributed by atoms with van der Waals surface area (Å²) in [6.07, 6.45) is 4.51. The molecule has 0 atom stereocenters. The standard InChI is InChI=1S/C16H22O3/c1-3-19-14-8-7-12(2)11-13(14)16(15(17)18)9-5-4-6-10-16/h7-8,11H,3-6,9-10H2,1-2H3,(H,17,18). The van der Waals surface area contributed by atoms with E-state index in [9.17, 15) is 9.90 Å². The number of ether oxygens (including phenoxy) is 1. The number of rotatable bonds is 4. The first-order valence-corrected chi connectivity index (χ1v) is 7.07. The van der Waals surface area contributed by atoms with Crippen molar-refractivity contribution in [3.05, 3.63) is 29.3 Å². The van der Waals surface area contributed by atoms with Crippen molar-refractivity contribution in [1.82, 2.24) is 0 Å². The molecule has 3 nitrogen and oxygen atoms in total. The van der Waals surface area contributed by atoms with E-state index in [4.69, 9.17) is 4.74 Å². The second kappa shape index (κ2) is 5.64. The number of aliphatic carboxylic acids is 1. The molecule has 1 N–H and O–H groups in total. The Balaban J connectivity index is 2.51. The van der Waals surface area contributed by atoms with E-state index in [1.165, 1.54) is 0 Å². The van der Waals surface area contributed by atoms with E-state index in [2.05, 4.69) is 0 Å². The largest absolute Gasteiger partial charge is 0.494 e. The van der Waals surface area contributed by atoms with Crippen LogP contribution in [-0.4, -0.2) is 17.7 Å². The number of carbonyl (C=O) groups is 1. The van der Waals surface area contributed by atoms with Crippen molar-refractivity contribution in [2.45, 2.75) is 51.4 Å². The van der Waals surface area contributed by atoms with Gasteiger partial charge < -0.3 is 9.84 Å². The highest BCUT2D eigenvalue weighted by molar-refractivity contribution is 5.82. The third-order valence-corrected chi connectivity index (χ3v) is 4.07. The highest BCUT2D eigenvalue weighted by atomic mass is 16.5. The topological polar surface area (TPSA) is 46.5 Å². The minimum absolute atomic E-state index is 0.561. The minimum Gasteiger partial charge on any atom is -0.494 e. The van der Waals surface area contributed by atoms with Gasteiger partial charge in [-0.1, -0.05) is 37.0 Å².